The maximum atomic E-state index is 11.4. The number of rotatable bonds is 4. The van der Waals surface area contributed by atoms with Crippen molar-refractivity contribution in [1.82, 2.24) is 9.61 Å². The van der Waals surface area contributed by atoms with E-state index in [1.54, 1.807) is 13.2 Å². The van der Waals surface area contributed by atoms with Crippen molar-refractivity contribution in [3.05, 3.63) is 58.8 Å². The molecule has 1 aliphatic rings. The number of anilines is 1. The van der Waals surface area contributed by atoms with Gasteiger partial charge in [-0.15, -0.1) is 0 Å². The predicted octanol–water partition coefficient (Wildman–Crippen LogP) is 3.59. The molecule has 3 heterocycles. The van der Waals surface area contributed by atoms with E-state index in [2.05, 4.69) is 4.90 Å². The SMILES string of the molecule is COc1ccc(-c2cccc3c(N4CC=C(C(N)=O)CC4)c(C)nn23)c(Cl)c1. The summed E-state index contributed by atoms with van der Waals surface area (Å²) in [6, 6.07) is 11.7. The van der Waals surface area contributed by atoms with E-state index in [1.807, 2.05) is 47.8 Å². The van der Waals surface area contributed by atoms with E-state index in [-0.39, 0.29) is 5.91 Å². The lowest BCUT2D eigenvalue weighted by molar-refractivity contribution is -0.114. The number of methoxy groups -OCH3 is 1. The van der Waals surface area contributed by atoms with Crippen LogP contribution in [0.15, 0.2) is 48.0 Å². The molecule has 1 amide bonds. The fraction of sp³-hybridized carbons (Fsp3) is 0.238. The van der Waals surface area contributed by atoms with Crippen LogP contribution in [0.2, 0.25) is 5.02 Å². The number of aryl methyl sites for hydroxylation is 1. The van der Waals surface area contributed by atoms with Crippen molar-refractivity contribution < 1.29 is 9.53 Å². The van der Waals surface area contributed by atoms with E-state index in [9.17, 15) is 4.79 Å². The van der Waals surface area contributed by atoms with Gasteiger partial charge in [0.2, 0.25) is 5.91 Å². The fourth-order valence-electron chi connectivity index (χ4n) is 3.69. The second-order valence-corrected chi connectivity index (χ2v) is 7.18. The maximum Gasteiger partial charge on any atom is 0.244 e. The highest BCUT2D eigenvalue weighted by Gasteiger charge is 2.22. The van der Waals surface area contributed by atoms with Gasteiger partial charge in [-0.25, -0.2) is 4.52 Å². The third-order valence-corrected chi connectivity index (χ3v) is 5.41. The van der Waals surface area contributed by atoms with Crippen LogP contribution in [0.1, 0.15) is 12.1 Å². The number of aromatic nitrogens is 2. The number of hydrogen-bond donors (Lipinski definition) is 1. The smallest absolute Gasteiger partial charge is 0.244 e. The number of ether oxygens (including phenoxy) is 1. The van der Waals surface area contributed by atoms with Crippen molar-refractivity contribution >= 4 is 28.7 Å². The molecule has 0 atom stereocenters. The topological polar surface area (TPSA) is 72.9 Å². The number of carbonyl (C=O) groups excluding carboxylic acids is 1. The van der Waals surface area contributed by atoms with E-state index in [0.717, 1.165) is 34.7 Å². The van der Waals surface area contributed by atoms with Crippen molar-refractivity contribution in [3.8, 4) is 17.0 Å². The lowest BCUT2D eigenvalue weighted by Gasteiger charge is -2.27. The highest BCUT2D eigenvalue weighted by atomic mass is 35.5. The van der Waals surface area contributed by atoms with E-state index < -0.39 is 0 Å². The molecule has 0 saturated carbocycles. The van der Waals surface area contributed by atoms with Gasteiger partial charge in [-0.2, -0.15) is 5.10 Å². The standard InChI is InChI=1S/C21H21ClN4O2/c1-13-20(25-10-8-14(9-11-25)21(23)27)19-5-3-4-18(26(19)24-13)16-7-6-15(28-2)12-17(16)22/h3-8,12H,9-11H2,1-2H3,(H2,23,27). The number of pyridine rings is 1. The molecule has 3 aromatic rings. The highest BCUT2D eigenvalue weighted by Crippen LogP contribution is 2.35. The van der Waals surface area contributed by atoms with Crippen molar-refractivity contribution in [2.75, 3.05) is 25.1 Å². The molecule has 6 nitrogen and oxygen atoms in total. The van der Waals surface area contributed by atoms with Gasteiger partial charge in [-0.05, 0) is 43.7 Å². The summed E-state index contributed by atoms with van der Waals surface area (Å²) in [7, 11) is 1.62. The van der Waals surface area contributed by atoms with Crippen LogP contribution < -0.4 is 15.4 Å². The molecule has 0 saturated heterocycles. The minimum atomic E-state index is -0.340. The summed E-state index contributed by atoms with van der Waals surface area (Å²) in [5.41, 5.74) is 10.9. The minimum absolute atomic E-state index is 0.340. The van der Waals surface area contributed by atoms with Crippen molar-refractivity contribution in [2.24, 2.45) is 5.73 Å². The average Bonchev–Trinajstić information content (AvgIpc) is 3.04. The van der Waals surface area contributed by atoms with Gasteiger partial charge >= 0.3 is 0 Å². The summed E-state index contributed by atoms with van der Waals surface area (Å²) in [4.78, 5) is 13.6. The first kappa shape index (κ1) is 18.4. The lowest BCUT2D eigenvalue weighted by atomic mass is 10.1. The maximum absolute atomic E-state index is 11.4. The number of nitrogens with two attached hydrogens (primary N) is 1. The molecule has 0 spiro atoms. The lowest BCUT2D eigenvalue weighted by Crippen LogP contribution is -2.32. The van der Waals surface area contributed by atoms with Crippen LogP contribution in [-0.4, -0.2) is 35.7 Å². The Morgan fingerprint density at radius 1 is 1.29 bits per heavy atom. The number of nitrogens with zero attached hydrogens (tertiary/aromatic N) is 3. The quantitative estimate of drug-likeness (QED) is 0.731. The van der Waals surface area contributed by atoms with Gasteiger partial charge in [0.15, 0.2) is 0 Å². The van der Waals surface area contributed by atoms with Gasteiger partial charge in [0.25, 0.3) is 0 Å². The third kappa shape index (κ3) is 3.10. The summed E-state index contributed by atoms with van der Waals surface area (Å²) in [6.07, 6.45) is 2.54. The molecule has 1 aliphatic heterocycles. The Labute approximate surface area is 168 Å². The van der Waals surface area contributed by atoms with E-state index in [0.29, 0.717) is 29.3 Å². The number of primary amides is 1. The van der Waals surface area contributed by atoms with Gasteiger partial charge in [0.1, 0.15) is 5.75 Å². The summed E-state index contributed by atoms with van der Waals surface area (Å²) < 4.78 is 7.17. The Balaban J connectivity index is 1.79. The van der Waals surface area contributed by atoms with Gasteiger partial charge in [0, 0.05) is 24.2 Å². The molecule has 1 aromatic carbocycles. The second-order valence-electron chi connectivity index (χ2n) is 6.78. The van der Waals surface area contributed by atoms with Crippen LogP contribution in [0.5, 0.6) is 5.75 Å². The zero-order chi connectivity index (χ0) is 19.8. The molecular weight excluding hydrogens is 376 g/mol. The fourth-order valence-corrected chi connectivity index (χ4v) is 3.96. The number of benzene rings is 1. The number of carbonyl (C=O) groups is 1. The summed E-state index contributed by atoms with van der Waals surface area (Å²) in [6.45, 7) is 3.35. The summed E-state index contributed by atoms with van der Waals surface area (Å²) in [5.74, 6) is 0.372. The average molecular weight is 397 g/mol. The van der Waals surface area contributed by atoms with Crippen molar-refractivity contribution in [1.29, 1.82) is 0 Å². The van der Waals surface area contributed by atoms with Gasteiger partial charge in [0.05, 0.1) is 34.7 Å². The molecule has 28 heavy (non-hydrogen) atoms. The number of amides is 1. The van der Waals surface area contributed by atoms with Crippen LogP contribution >= 0.6 is 11.6 Å². The number of fused-ring (bicyclic) bond motifs is 1. The molecule has 0 aliphatic carbocycles. The Kier molecular flexibility index (Phi) is 4.73. The van der Waals surface area contributed by atoms with Gasteiger partial charge < -0.3 is 15.4 Å². The molecular formula is C21H21ClN4O2. The second kappa shape index (κ2) is 7.20. The molecule has 0 unspecified atom stereocenters. The minimum Gasteiger partial charge on any atom is -0.497 e. The molecule has 2 aromatic heterocycles. The van der Waals surface area contributed by atoms with Crippen LogP contribution in [0, 0.1) is 6.92 Å². The zero-order valence-electron chi connectivity index (χ0n) is 15.8. The molecule has 7 heteroatoms. The first-order valence-corrected chi connectivity index (χ1v) is 9.43. The predicted molar refractivity (Wildman–Crippen MR) is 111 cm³/mol. The first-order valence-electron chi connectivity index (χ1n) is 9.05. The number of hydrogen-bond acceptors (Lipinski definition) is 4. The number of halogens is 1. The zero-order valence-corrected chi connectivity index (χ0v) is 16.5. The van der Waals surface area contributed by atoms with E-state index >= 15 is 0 Å². The van der Waals surface area contributed by atoms with Crippen LogP contribution in [-0.2, 0) is 4.79 Å². The Bertz CT molecular complexity index is 1100. The van der Waals surface area contributed by atoms with E-state index in [4.69, 9.17) is 27.2 Å². The summed E-state index contributed by atoms with van der Waals surface area (Å²) in [5, 5.41) is 5.38. The monoisotopic (exact) mass is 396 g/mol. The molecule has 0 radical (unpaired) electrons. The largest absolute Gasteiger partial charge is 0.497 e. The van der Waals surface area contributed by atoms with E-state index in [1.165, 1.54) is 0 Å². The molecule has 0 bridgehead atoms. The van der Waals surface area contributed by atoms with Crippen molar-refractivity contribution in [2.45, 2.75) is 13.3 Å². The van der Waals surface area contributed by atoms with Crippen LogP contribution in [0.25, 0.3) is 16.8 Å². The first-order chi connectivity index (χ1) is 13.5. The molecule has 4 rings (SSSR count). The highest BCUT2D eigenvalue weighted by molar-refractivity contribution is 6.33. The van der Waals surface area contributed by atoms with Gasteiger partial charge in [-0.1, -0.05) is 23.7 Å². The third-order valence-electron chi connectivity index (χ3n) is 5.09. The van der Waals surface area contributed by atoms with Gasteiger partial charge in [-0.3, -0.25) is 4.79 Å². The Hall–Kier alpha value is -2.99. The molecule has 0 fully saturated rings. The molecule has 144 valence electrons. The molecule has 2 N–H and O–H groups in total. The van der Waals surface area contributed by atoms with Crippen LogP contribution in [0.3, 0.4) is 0 Å². The Morgan fingerprint density at radius 2 is 2.11 bits per heavy atom. The Morgan fingerprint density at radius 3 is 2.75 bits per heavy atom. The van der Waals surface area contributed by atoms with Crippen molar-refractivity contribution in [3.63, 3.8) is 0 Å². The van der Waals surface area contributed by atoms with Crippen LogP contribution in [0.4, 0.5) is 5.69 Å². The summed E-state index contributed by atoms with van der Waals surface area (Å²) >= 11 is 6.50. The normalized spacial score (nSPS) is 14.2.